The smallest absolute Gasteiger partial charge is 0.156 e. The van der Waals surface area contributed by atoms with E-state index in [2.05, 4.69) is 46.9 Å². The van der Waals surface area contributed by atoms with Crippen LogP contribution in [-0.4, -0.2) is 23.0 Å². The van der Waals surface area contributed by atoms with Crippen LogP contribution in [0.1, 0.15) is 54.4 Å². The number of nitrogens with one attached hydrogen (secondary N) is 1. The first-order chi connectivity index (χ1) is 7.79. The lowest BCUT2D eigenvalue weighted by Crippen LogP contribution is -2.48. The van der Waals surface area contributed by atoms with Crippen molar-refractivity contribution >= 4 is 16.9 Å². The molecule has 1 aliphatic heterocycles. The molecule has 1 N–H and O–H groups in total. The zero-order valence-corrected chi connectivity index (χ0v) is 13.1. The lowest BCUT2D eigenvalue weighted by atomic mass is 9.81. The maximum atomic E-state index is 4.79. The summed E-state index contributed by atoms with van der Waals surface area (Å²) in [4.78, 5) is 4.79. The maximum Gasteiger partial charge on any atom is 0.156 e. The third-order valence-electron chi connectivity index (χ3n) is 4.27. The second-order valence-electron chi connectivity index (χ2n) is 6.40. The second-order valence-corrected chi connectivity index (χ2v) is 7.49. The van der Waals surface area contributed by atoms with E-state index in [1.807, 2.05) is 11.8 Å². The van der Waals surface area contributed by atoms with Crippen LogP contribution in [0.25, 0.3) is 0 Å². The summed E-state index contributed by atoms with van der Waals surface area (Å²) >= 11 is 1.87. The van der Waals surface area contributed by atoms with E-state index in [1.54, 1.807) is 0 Å². The number of hydrogen-bond acceptors (Lipinski definition) is 2. The van der Waals surface area contributed by atoms with E-state index >= 15 is 0 Å². The Balaban J connectivity index is 2.61. The van der Waals surface area contributed by atoms with E-state index in [0.29, 0.717) is 5.92 Å². The number of hydrogen-bond donors (Lipinski definition) is 1. The van der Waals surface area contributed by atoms with Crippen LogP contribution in [0.5, 0.6) is 0 Å². The zero-order chi connectivity index (χ0) is 13.1. The van der Waals surface area contributed by atoms with E-state index in [-0.39, 0.29) is 11.0 Å². The number of thioether (sulfide) groups is 1. The molecule has 0 bridgehead atoms. The Kier molecular flexibility index (Phi) is 4.94. The van der Waals surface area contributed by atoms with Crippen molar-refractivity contribution < 1.29 is 0 Å². The molecule has 1 saturated heterocycles. The summed E-state index contributed by atoms with van der Waals surface area (Å²) < 4.78 is 0. The molecule has 0 aromatic rings. The first-order valence-corrected chi connectivity index (χ1v) is 7.73. The first kappa shape index (κ1) is 14.9. The molecule has 0 radical (unpaired) electrons. The monoisotopic (exact) mass is 256 g/mol. The molecule has 1 atom stereocenters. The fraction of sp³-hybridized carbons (Fsp3) is 0.929. The molecule has 0 amide bonds. The molecule has 0 aromatic heterocycles. The van der Waals surface area contributed by atoms with Gasteiger partial charge in [-0.1, -0.05) is 46.4 Å². The van der Waals surface area contributed by atoms with Crippen LogP contribution >= 0.6 is 11.8 Å². The third-order valence-corrected chi connectivity index (χ3v) is 5.19. The summed E-state index contributed by atoms with van der Waals surface area (Å²) in [5, 5.41) is 4.75. The Morgan fingerprint density at radius 2 is 2.12 bits per heavy atom. The van der Waals surface area contributed by atoms with Crippen molar-refractivity contribution in [3.63, 3.8) is 0 Å². The highest BCUT2D eigenvalue weighted by molar-refractivity contribution is 8.13. The van der Waals surface area contributed by atoms with Gasteiger partial charge in [-0.25, -0.2) is 0 Å². The lowest BCUT2D eigenvalue weighted by Gasteiger charge is -2.36. The number of nitrogens with zero attached hydrogens (tertiary/aromatic N) is 1. The molecule has 0 aliphatic carbocycles. The minimum Gasteiger partial charge on any atom is -0.360 e. The van der Waals surface area contributed by atoms with Crippen molar-refractivity contribution in [2.75, 3.05) is 12.3 Å². The topological polar surface area (TPSA) is 24.4 Å². The van der Waals surface area contributed by atoms with E-state index in [4.69, 9.17) is 4.99 Å². The highest BCUT2D eigenvalue weighted by atomic mass is 32.2. The van der Waals surface area contributed by atoms with Gasteiger partial charge in [0.1, 0.15) is 0 Å². The van der Waals surface area contributed by atoms with E-state index < -0.39 is 0 Å². The van der Waals surface area contributed by atoms with Crippen molar-refractivity contribution in [2.45, 2.75) is 59.9 Å². The molecule has 0 spiro atoms. The van der Waals surface area contributed by atoms with Crippen LogP contribution in [0.4, 0.5) is 0 Å². The van der Waals surface area contributed by atoms with Gasteiger partial charge < -0.3 is 5.32 Å². The van der Waals surface area contributed by atoms with Crippen molar-refractivity contribution in [3.05, 3.63) is 0 Å². The van der Waals surface area contributed by atoms with E-state index in [9.17, 15) is 0 Å². The van der Waals surface area contributed by atoms with E-state index in [0.717, 1.165) is 11.7 Å². The highest BCUT2D eigenvalue weighted by Gasteiger charge is 2.28. The van der Waals surface area contributed by atoms with E-state index in [1.165, 1.54) is 18.6 Å². The average Bonchev–Trinajstić information content (AvgIpc) is 2.27. The molecule has 2 nitrogen and oxygen atoms in total. The van der Waals surface area contributed by atoms with Crippen LogP contribution < -0.4 is 5.32 Å². The molecule has 1 aliphatic rings. The van der Waals surface area contributed by atoms with Crippen LogP contribution in [0.3, 0.4) is 0 Å². The molecule has 1 heterocycles. The second kappa shape index (κ2) is 5.64. The van der Waals surface area contributed by atoms with Crippen LogP contribution in [0.15, 0.2) is 4.99 Å². The Labute approximate surface area is 111 Å². The third kappa shape index (κ3) is 4.20. The Hall–Kier alpha value is -0.180. The molecule has 100 valence electrons. The van der Waals surface area contributed by atoms with Crippen LogP contribution in [-0.2, 0) is 0 Å². The number of rotatable bonds is 4. The molecular weight excluding hydrogens is 228 g/mol. The number of amidine groups is 1. The van der Waals surface area contributed by atoms with Gasteiger partial charge in [0.05, 0.1) is 0 Å². The maximum absolute atomic E-state index is 4.79. The normalized spacial score (nSPS) is 28.5. The summed E-state index contributed by atoms with van der Waals surface area (Å²) in [6, 6.07) is 0. The Morgan fingerprint density at radius 1 is 1.47 bits per heavy atom. The molecule has 1 unspecified atom stereocenters. The van der Waals surface area contributed by atoms with Gasteiger partial charge >= 0.3 is 0 Å². The van der Waals surface area contributed by atoms with Gasteiger partial charge in [0.2, 0.25) is 0 Å². The van der Waals surface area contributed by atoms with Crippen LogP contribution in [0, 0.1) is 11.3 Å². The molecule has 3 heteroatoms. The SMILES string of the molecule is CCC1(C)CCSC(=NCC(C)(C)C(C)C)N1. The molecule has 0 saturated carbocycles. The van der Waals surface area contributed by atoms with Crippen molar-refractivity contribution in [1.82, 2.24) is 5.32 Å². The highest BCUT2D eigenvalue weighted by Crippen LogP contribution is 2.28. The fourth-order valence-corrected chi connectivity index (χ4v) is 2.76. The molecule has 1 fully saturated rings. The summed E-state index contributed by atoms with van der Waals surface area (Å²) in [6.45, 7) is 14.6. The largest absolute Gasteiger partial charge is 0.360 e. The predicted molar refractivity (Wildman–Crippen MR) is 79.8 cm³/mol. The molecule has 17 heavy (non-hydrogen) atoms. The van der Waals surface area contributed by atoms with Gasteiger partial charge in [-0.15, -0.1) is 0 Å². The lowest BCUT2D eigenvalue weighted by molar-refractivity contribution is 0.261. The average molecular weight is 256 g/mol. The van der Waals surface area contributed by atoms with Gasteiger partial charge in [-0.3, -0.25) is 4.99 Å². The molecule has 0 aromatic carbocycles. The summed E-state index contributed by atoms with van der Waals surface area (Å²) in [7, 11) is 0. The zero-order valence-electron chi connectivity index (χ0n) is 12.3. The quantitative estimate of drug-likeness (QED) is 0.824. The minimum atomic E-state index is 0.256. The Bertz CT molecular complexity index is 284. The Morgan fingerprint density at radius 3 is 2.65 bits per heavy atom. The van der Waals surface area contributed by atoms with Gasteiger partial charge in [-0.05, 0) is 31.1 Å². The first-order valence-electron chi connectivity index (χ1n) is 6.74. The predicted octanol–water partition coefficient (Wildman–Crippen LogP) is 3.92. The minimum absolute atomic E-state index is 0.256. The van der Waals surface area contributed by atoms with Gasteiger partial charge in [0.25, 0.3) is 0 Å². The van der Waals surface area contributed by atoms with Crippen molar-refractivity contribution in [3.8, 4) is 0 Å². The van der Waals surface area contributed by atoms with Crippen LogP contribution in [0.2, 0.25) is 0 Å². The summed E-state index contributed by atoms with van der Waals surface area (Å²) in [5.74, 6) is 1.86. The molecular formula is C14H28N2S. The van der Waals surface area contributed by atoms with Gasteiger partial charge in [0, 0.05) is 17.8 Å². The summed E-state index contributed by atoms with van der Waals surface area (Å²) in [6.07, 6.45) is 2.40. The van der Waals surface area contributed by atoms with Crippen molar-refractivity contribution in [2.24, 2.45) is 16.3 Å². The summed E-state index contributed by atoms with van der Waals surface area (Å²) in [5.41, 5.74) is 0.543. The van der Waals surface area contributed by atoms with Gasteiger partial charge in [-0.2, -0.15) is 0 Å². The standard InChI is InChI=1S/C14H28N2S/c1-7-14(6)8-9-17-12(16-14)15-10-13(4,5)11(2)3/h11H,7-10H2,1-6H3,(H,15,16). The number of aliphatic imine (C=N–C) groups is 1. The fourth-order valence-electron chi connectivity index (χ4n) is 1.54. The van der Waals surface area contributed by atoms with Gasteiger partial charge in [0.15, 0.2) is 5.17 Å². The molecule has 1 rings (SSSR count). The van der Waals surface area contributed by atoms with Crippen molar-refractivity contribution in [1.29, 1.82) is 0 Å².